The van der Waals surface area contributed by atoms with Crippen molar-refractivity contribution in [3.05, 3.63) is 0 Å². The van der Waals surface area contributed by atoms with Crippen LogP contribution in [0, 0.1) is 5.92 Å². The number of rotatable bonds is 5. The molecule has 0 aromatic heterocycles. The molecule has 0 aromatic carbocycles. The van der Waals surface area contributed by atoms with Gasteiger partial charge in [0.05, 0.1) is 6.10 Å². The van der Waals surface area contributed by atoms with Crippen LogP contribution in [0.25, 0.3) is 0 Å². The summed E-state index contributed by atoms with van der Waals surface area (Å²) in [6, 6.07) is 0. The highest BCUT2D eigenvalue weighted by Gasteiger charge is 2.17. The summed E-state index contributed by atoms with van der Waals surface area (Å²) >= 11 is 0. The molecule has 3 nitrogen and oxygen atoms in total. The number of hydrogen-bond donors (Lipinski definition) is 1. The first-order valence-electron chi connectivity index (χ1n) is 7.35. The van der Waals surface area contributed by atoms with E-state index < -0.39 is 0 Å². The zero-order valence-corrected chi connectivity index (χ0v) is 11.3. The Morgan fingerprint density at radius 1 is 1.24 bits per heavy atom. The number of nitrogens with zero attached hydrogens (tertiary/aromatic N) is 1. The highest BCUT2D eigenvalue weighted by atomic mass is 16.5. The van der Waals surface area contributed by atoms with E-state index in [1.165, 1.54) is 58.2 Å². The van der Waals surface area contributed by atoms with Crippen LogP contribution in [0.4, 0.5) is 0 Å². The standard InChI is InChI=1S/C14H28N2O/c1-16(12-14-6-2-3-10-17-14)9-7-13-5-4-8-15-11-13/h13-15H,2-12H2,1H3. The van der Waals surface area contributed by atoms with Crippen LogP contribution in [0.15, 0.2) is 0 Å². The van der Waals surface area contributed by atoms with Gasteiger partial charge in [-0.2, -0.15) is 0 Å². The van der Waals surface area contributed by atoms with Crippen molar-refractivity contribution >= 4 is 0 Å². The lowest BCUT2D eigenvalue weighted by Crippen LogP contribution is -2.36. The van der Waals surface area contributed by atoms with Crippen molar-refractivity contribution in [2.24, 2.45) is 5.92 Å². The maximum Gasteiger partial charge on any atom is 0.0701 e. The van der Waals surface area contributed by atoms with E-state index in [0.717, 1.165) is 19.1 Å². The summed E-state index contributed by atoms with van der Waals surface area (Å²) < 4.78 is 5.79. The molecular weight excluding hydrogens is 212 g/mol. The summed E-state index contributed by atoms with van der Waals surface area (Å²) in [6.07, 6.45) is 8.49. The topological polar surface area (TPSA) is 24.5 Å². The Morgan fingerprint density at radius 2 is 2.18 bits per heavy atom. The monoisotopic (exact) mass is 240 g/mol. The first-order valence-corrected chi connectivity index (χ1v) is 7.35. The zero-order chi connectivity index (χ0) is 11.9. The van der Waals surface area contributed by atoms with Crippen molar-refractivity contribution in [3.8, 4) is 0 Å². The van der Waals surface area contributed by atoms with Gasteiger partial charge in [0.1, 0.15) is 0 Å². The summed E-state index contributed by atoms with van der Waals surface area (Å²) in [5.74, 6) is 0.901. The van der Waals surface area contributed by atoms with E-state index in [2.05, 4.69) is 17.3 Å². The summed E-state index contributed by atoms with van der Waals surface area (Å²) in [4.78, 5) is 2.46. The van der Waals surface area contributed by atoms with Crippen LogP contribution < -0.4 is 5.32 Å². The highest BCUT2D eigenvalue weighted by molar-refractivity contribution is 4.72. The maximum absolute atomic E-state index is 5.79. The van der Waals surface area contributed by atoms with Gasteiger partial charge in [-0.15, -0.1) is 0 Å². The number of nitrogens with one attached hydrogen (secondary N) is 1. The van der Waals surface area contributed by atoms with E-state index in [9.17, 15) is 0 Å². The Kier molecular flexibility index (Phi) is 5.75. The van der Waals surface area contributed by atoms with Gasteiger partial charge in [0.25, 0.3) is 0 Å². The molecule has 2 unspecified atom stereocenters. The van der Waals surface area contributed by atoms with Crippen LogP contribution in [0.2, 0.25) is 0 Å². The molecule has 0 radical (unpaired) electrons. The van der Waals surface area contributed by atoms with Crippen LogP contribution >= 0.6 is 0 Å². The average molecular weight is 240 g/mol. The first kappa shape index (κ1) is 13.3. The third-order valence-electron chi connectivity index (χ3n) is 4.11. The van der Waals surface area contributed by atoms with Gasteiger partial charge >= 0.3 is 0 Å². The molecule has 0 amide bonds. The normalized spacial score (nSPS) is 30.7. The van der Waals surface area contributed by atoms with Crippen molar-refractivity contribution in [3.63, 3.8) is 0 Å². The molecule has 2 aliphatic rings. The van der Waals surface area contributed by atoms with Gasteiger partial charge in [-0.3, -0.25) is 0 Å². The molecule has 3 heteroatoms. The summed E-state index contributed by atoms with van der Waals surface area (Å²) in [6.45, 7) is 5.79. The Bertz CT molecular complexity index is 198. The molecule has 2 heterocycles. The summed E-state index contributed by atoms with van der Waals surface area (Å²) in [7, 11) is 2.24. The van der Waals surface area contributed by atoms with Gasteiger partial charge in [0.15, 0.2) is 0 Å². The molecule has 0 saturated carbocycles. The predicted molar refractivity (Wildman–Crippen MR) is 71.3 cm³/mol. The molecule has 2 atom stereocenters. The number of hydrogen-bond acceptors (Lipinski definition) is 3. The van der Waals surface area contributed by atoms with E-state index >= 15 is 0 Å². The smallest absolute Gasteiger partial charge is 0.0701 e. The molecular formula is C14H28N2O. The van der Waals surface area contributed by atoms with Gasteiger partial charge in [-0.25, -0.2) is 0 Å². The third-order valence-corrected chi connectivity index (χ3v) is 4.11. The molecule has 0 spiro atoms. The lowest BCUT2D eigenvalue weighted by Gasteiger charge is -2.29. The molecule has 1 N–H and O–H groups in total. The molecule has 2 saturated heterocycles. The second-order valence-corrected chi connectivity index (χ2v) is 5.75. The minimum absolute atomic E-state index is 0.498. The first-order chi connectivity index (χ1) is 8.34. The van der Waals surface area contributed by atoms with Crippen LogP contribution in [0.5, 0.6) is 0 Å². The van der Waals surface area contributed by atoms with E-state index in [-0.39, 0.29) is 0 Å². The van der Waals surface area contributed by atoms with Crippen LogP contribution in [0.3, 0.4) is 0 Å². The lowest BCUT2D eigenvalue weighted by atomic mass is 9.96. The molecule has 2 aliphatic heterocycles. The molecule has 100 valence electrons. The number of piperidine rings is 1. The second kappa shape index (κ2) is 7.34. The molecule has 0 bridgehead atoms. The Labute approximate surface area is 106 Å². The predicted octanol–water partition coefficient (Wildman–Crippen LogP) is 1.88. The van der Waals surface area contributed by atoms with Crippen LogP contribution in [0.1, 0.15) is 38.5 Å². The average Bonchev–Trinajstić information content (AvgIpc) is 2.39. The minimum Gasteiger partial charge on any atom is -0.377 e. The van der Waals surface area contributed by atoms with Crippen molar-refractivity contribution in [2.75, 3.05) is 39.8 Å². The van der Waals surface area contributed by atoms with Gasteiger partial charge in [-0.05, 0) is 71.1 Å². The molecule has 2 rings (SSSR count). The number of likely N-dealkylation sites (N-methyl/N-ethyl adjacent to an activating group) is 1. The molecule has 0 aromatic rings. The maximum atomic E-state index is 5.79. The Hall–Kier alpha value is -0.120. The summed E-state index contributed by atoms with van der Waals surface area (Å²) in [5.41, 5.74) is 0. The fourth-order valence-electron chi connectivity index (χ4n) is 2.96. The number of ether oxygens (including phenoxy) is 1. The van der Waals surface area contributed by atoms with Gasteiger partial charge in [-0.1, -0.05) is 0 Å². The fourth-order valence-corrected chi connectivity index (χ4v) is 2.96. The van der Waals surface area contributed by atoms with E-state index in [1.807, 2.05) is 0 Å². The van der Waals surface area contributed by atoms with Gasteiger partial charge in [0, 0.05) is 13.2 Å². The van der Waals surface area contributed by atoms with Crippen LogP contribution in [-0.2, 0) is 4.74 Å². The molecule has 2 fully saturated rings. The SMILES string of the molecule is CN(CCC1CCCNC1)CC1CCCCO1. The Morgan fingerprint density at radius 3 is 2.88 bits per heavy atom. The van der Waals surface area contributed by atoms with Crippen molar-refractivity contribution in [1.82, 2.24) is 10.2 Å². The van der Waals surface area contributed by atoms with E-state index in [4.69, 9.17) is 4.74 Å². The molecule has 17 heavy (non-hydrogen) atoms. The quantitative estimate of drug-likeness (QED) is 0.794. The lowest BCUT2D eigenvalue weighted by molar-refractivity contribution is -0.00218. The van der Waals surface area contributed by atoms with Crippen molar-refractivity contribution in [1.29, 1.82) is 0 Å². The largest absolute Gasteiger partial charge is 0.377 e. The van der Waals surface area contributed by atoms with Crippen molar-refractivity contribution in [2.45, 2.75) is 44.6 Å². The zero-order valence-electron chi connectivity index (χ0n) is 11.3. The summed E-state index contributed by atoms with van der Waals surface area (Å²) in [5, 5.41) is 3.50. The van der Waals surface area contributed by atoms with E-state index in [1.54, 1.807) is 0 Å². The Balaban J connectivity index is 1.57. The molecule has 0 aliphatic carbocycles. The highest BCUT2D eigenvalue weighted by Crippen LogP contribution is 2.16. The van der Waals surface area contributed by atoms with E-state index in [0.29, 0.717) is 6.10 Å². The minimum atomic E-state index is 0.498. The van der Waals surface area contributed by atoms with Gasteiger partial charge < -0.3 is 15.0 Å². The van der Waals surface area contributed by atoms with Crippen molar-refractivity contribution < 1.29 is 4.74 Å². The third kappa shape index (κ3) is 4.94. The second-order valence-electron chi connectivity index (χ2n) is 5.75. The fraction of sp³-hybridized carbons (Fsp3) is 1.00. The van der Waals surface area contributed by atoms with Gasteiger partial charge in [0.2, 0.25) is 0 Å². The van der Waals surface area contributed by atoms with Crippen LogP contribution in [-0.4, -0.2) is 50.8 Å².